The Balaban J connectivity index is 1.38. The van der Waals surface area contributed by atoms with Crippen molar-refractivity contribution in [1.82, 2.24) is 9.97 Å². The zero-order valence-electron chi connectivity index (χ0n) is 14.1. The fourth-order valence-corrected chi connectivity index (χ4v) is 3.37. The number of benzene rings is 1. The number of rotatable bonds is 5. The van der Waals surface area contributed by atoms with Crippen molar-refractivity contribution in [3.8, 4) is 0 Å². The Morgan fingerprint density at radius 1 is 1.24 bits per heavy atom. The Hall–Kier alpha value is -2.47. The van der Waals surface area contributed by atoms with Gasteiger partial charge in [0.15, 0.2) is 0 Å². The molecule has 0 saturated carbocycles. The molecule has 2 saturated heterocycles. The van der Waals surface area contributed by atoms with Gasteiger partial charge in [-0.15, -0.1) is 0 Å². The summed E-state index contributed by atoms with van der Waals surface area (Å²) in [4.78, 5) is 22.3. The third kappa shape index (κ3) is 3.64. The molecule has 0 aliphatic carbocycles. The van der Waals surface area contributed by atoms with Crippen LogP contribution < -0.4 is 10.2 Å². The van der Waals surface area contributed by atoms with Gasteiger partial charge in [-0.2, -0.15) is 0 Å². The Bertz CT molecular complexity index is 741. The molecular weight excluding hydrogens is 316 g/mol. The Morgan fingerprint density at radius 2 is 2.12 bits per heavy atom. The van der Waals surface area contributed by atoms with E-state index in [0.717, 1.165) is 55.4 Å². The first-order valence-corrected chi connectivity index (χ1v) is 8.82. The van der Waals surface area contributed by atoms with Crippen LogP contribution in [-0.4, -0.2) is 35.6 Å². The SMILES string of the molecule is O=C1CCCN1c1ccc(CNc2cc([C@H]3CCOC3)ncn2)cc1. The van der Waals surface area contributed by atoms with E-state index in [1.165, 1.54) is 0 Å². The molecule has 1 N–H and O–H groups in total. The lowest BCUT2D eigenvalue weighted by molar-refractivity contribution is -0.117. The summed E-state index contributed by atoms with van der Waals surface area (Å²) in [5.41, 5.74) is 3.18. The zero-order chi connectivity index (χ0) is 17.1. The van der Waals surface area contributed by atoms with Crippen molar-refractivity contribution in [1.29, 1.82) is 0 Å². The molecule has 2 aromatic rings. The molecule has 0 unspecified atom stereocenters. The zero-order valence-corrected chi connectivity index (χ0v) is 14.1. The third-order valence-electron chi connectivity index (χ3n) is 4.83. The van der Waals surface area contributed by atoms with Crippen LogP contribution in [-0.2, 0) is 16.1 Å². The van der Waals surface area contributed by atoms with Gasteiger partial charge in [0.25, 0.3) is 0 Å². The monoisotopic (exact) mass is 338 g/mol. The van der Waals surface area contributed by atoms with Crippen LogP contribution >= 0.6 is 0 Å². The fourth-order valence-electron chi connectivity index (χ4n) is 3.37. The van der Waals surface area contributed by atoms with E-state index in [2.05, 4.69) is 27.4 Å². The van der Waals surface area contributed by atoms with Crippen LogP contribution in [0.15, 0.2) is 36.7 Å². The number of hydrogen-bond acceptors (Lipinski definition) is 5. The van der Waals surface area contributed by atoms with E-state index < -0.39 is 0 Å². The molecule has 130 valence electrons. The van der Waals surface area contributed by atoms with Crippen molar-refractivity contribution in [2.24, 2.45) is 0 Å². The highest BCUT2D eigenvalue weighted by Crippen LogP contribution is 2.25. The molecule has 3 heterocycles. The van der Waals surface area contributed by atoms with Gasteiger partial charge >= 0.3 is 0 Å². The normalized spacial score (nSPS) is 20.2. The number of carbonyl (C=O) groups is 1. The van der Waals surface area contributed by atoms with Gasteiger partial charge in [-0.05, 0) is 30.5 Å². The highest BCUT2D eigenvalue weighted by atomic mass is 16.5. The highest BCUT2D eigenvalue weighted by Gasteiger charge is 2.21. The number of nitrogens with one attached hydrogen (secondary N) is 1. The van der Waals surface area contributed by atoms with Crippen LogP contribution in [0.2, 0.25) is 0 Å². The van der Waals surface area contributed by atoms with Crippen molar-refractivity contribution >= 4 is 17.4 Å². The molecule has 0 bridgehead atoms. The van der Waals surface area contributed by atoms with E-state index in [9.17, 15) is 4.79 Å². The summed E-state index contributed by atoms with van der Waals surface area (Å²) in [5, 5.41) is 3.35. The van der Waals surface area contributed by atoms with Crippen molar-refractivity contribution in [3.05, 3.63) is 47.9 Å². The fraction of sp³-hybridized carbons (Fsp3) is 0.421. The average molecular weight is 338 g/mol. The lowest BCUT2D eigenvalue weighted by Crippen LogP contribution is -2.23. The van der Waals surface area contributed by atoms with E-state index in [1.807, 2.05) is 23.1 Å². The lowest BCUT2D eigenvalue weighted by atomic mass is 10.1. The summed E-state index contributed by atoms with van der Waals surface area (Å²) in [6.45, 7) is 3.06. The van der Waals surface area contributed by atoms with E-state index in [4.69, 9.17) is 4.74 Å². The number of aromatic nitrogens is 2. The topological polar surface area (TPSA) is 67.4 Å². The molecule has 0 spiro atoms. The summed E-state index contributed by atoms with van der Waals surface area (Å²) in [6, 6.07) is 10.2. The molecule has 1 amide bonds. The molecule has 2 aliphatic heterocycles. The van der Waals surface area contributed by atoms with Gasteiger partial charge in [-0.1, -0.05) is 12.1 Å². The third-order valence-corrected chi connectivity index (χ3v) is 4.83. The van der Waals surface area contributed by atoms with Crippen LogP contribution in [0.4, 0.5) is 11.5 Å². The Kier molecular flexibility index (Phi) is 4.61. The largest absolute Gasteiger partial charge is 0.381 e. The minimum atomic E-state index is 0.218. The van der Waals surface area contributed by atoms with E-state index in [0.29, 0.717) is 18.9 Å². The van der Waals surface area contributed by atoms with Gasteiger partial charge < -0.3 is 15.0 Å². The lowest BCUT2D eigenvalue weighted by Gasteiger charge is -2.16. The van der Waals surface area contributed by atoms with E-state index in [-0.39, 0.29) is 5.91 Å². The van der Waals surface area contributed by atoms with Gasteiger partial charge in [0.1, 0.15) is 12.1 Å². The second-order valence-electron chi connectivity index (χ2n) is 6.56. The highest BCUT2D eigenvalue weighted by molar-refractivity contribution is 5.95. The van der Waals surface area contributed by atoms with E-state index >= 15 is 0 Å². The first kappa shape index (κ1) is 16.0. The van der Waals surface area contributed by atoms with Crippen molar-refractivity contribution in [2.45, 2.75) is 31.7 Å². The summed E-state index contributed by atoms with van der Waals surface area (Å²) in [5.74, 6) is 1.42. The van der Waals surface area contributed by atoms with Crippen LogP contribution in [0.3, 0.4) is 0 Å². The maximum Gasteiger partial charge on any atom is 0.227 e. The second-order valence-corrected chi connectivity index (χ2v) is 6.56. The van der Waals surface area contributed by atoms with Crippen LogP contribution in [0.5, 0.6) is 0 Å². The minimum Gasteiger partial charge on any atom is -0.381 e. The molecule has 1 atom stereocenters. The summed E-state index contributed by atoms with van der Waals surface area (Å²) in [6.07, 6.45) is 4.24. The molecule has 6 nitrogen and oxygen atoms in total. The van der Waals surface area contributed by atoms with Crippen LogP contribution in [0.25, 0.3) is 0 Å². The standard InChI is InChI=1S/C19H22N4O2/c24-19-2-1-8-23(19)16-5-3-14(4-6-16)11-20-18-10-17(21-13-22-18)15-7-9-25-12-15/h3-6,10,13,15H,1-2,7-9,11-12H2,(H,20,21,22)/t15-/m0/s1. The number of nitrogens with zero attached hydrogens (tertiary/aromatic N) is 3. The first-order valence-electron chi connectivity index (χ1n) is 8.82. The number of amides is 1. The number of hydrogen-bond donors (Lipinski definition) is 1. The van der Waals surface area contributed by atoms with Crippen molar-refractivity contribution < 1.29 is 9.53 Å². The van der Waals surface area contributed by atoms with Gasteiger partial charge in [-0.3, -0.25) is 4.79 Å². The molecule has 4 rings (SSSR count). The van der Waals surface area contributed by atoms with E-state index in [1.54, 1.807) is 6.33 Å². The van der Waals surface area contributed by atoms with Gasteiger partial charge in [-0.25, -0.2) is 9.97 Å². The predicted octanol–water partition coefficient (Wildman–Crippen LogP) is 2.72. The summed E-state index contributed by atoms with van der Waals surface area (Å²) in [7, 11) is 0. The first-order chi connectivity index (χ1) is 12.3. The van der Waals surface area contributed by atoms with Crippen molar-refractivity contribution in [3.63, 3.8) is 0 Å². The minimum absolute atomic E-state index is 0.218. The Labute approximate surface area is 147 Å². The predicted molar refractivity (Wildman–Crippen MR) is 95.6 cm³/mol. The molecular formula is C19H22N4O2. The van der Waals surface area contributed by atoms with Gasteiger partial charge in [0.2, 0.25) is 5.91 Å². The van der Waals surface area contributed by atoms with Gasteiger partial charge in [0.05, 0.1) is 12.3 Å². The Morgan fingerprint density at radius 3 is 2.84 bits per heavy atom. The maximum absolute atomic E-state index is 11.8. The van der Waals surface area contributed by atoms with Crippen molar-refractivity contribution in [2.75, 3.05) is 30.0 Å². The quantitative estimate of drug-likeness (QED) is 0.908. The molecule has 1 aromatic carbocycles. The molecule has 25 heavy (non-hydrogen) atoms. The summed E-state index contributed by atoms with van der Waals surface area (Å²) < 4.78 is 5.43. The number of anilines is 2. The smallest absolute Gasteiger partial charge is 0.227 e. The van der Waals surface area contributed by atoms with Crippen LogP contribution in [0.1, 0.15) is 36.4 Å². The van der Waals surface area contributed by atoms with Crippen LogP contribution in [0, 0.1) is 0 Å². The van der Waals surface area contributed by atoms with Gasteiger partial charge in [0, 0.05) is 43.8 Å². The summed E-state index contributed by atoms with van der Waals surface area (Å²) >= 11 is 0. The molecule has 2 fully saturated rings. The molecule has 6 heteroatoms. The molecule has 1 aromatic heterocycles. The maximum atomic E-state index is 11.8. The number of carbonyl (C=O) groups excluding carboxylic acids is 1. The molecule has 2 aliphatic rings. The number of ether oxygens (including phenoxy) is 1. The second kappa shape index (κ2) is 7.19. The average Bonchev–Trinajstić information content (AvgIpc) is 3.32. The molecule has 0 radical (unpaired) electrons.